The third-order valence-electron chi connectivity index (χ3n) is 3.25. The first-order chi connectivity index (χ1) is 8.25. The second-order valence-electron chi connectivity index (χ2n) is 4.76. The van der Waals surface area contributed by atoms with Crippen LogP contribution in [-0.4, -0.2) is 28.5 Å². The molecular formula is C13H22N4. The first kappa shape index (κ1) is 12.0. The molecule has 0 unspecified atom stereocenters. The van der Waals surface area contributed by atoms with Crippen LogP contribution in [-0.2, 0) is 13.6 Å². The zero-order chi connectivity index (χ0) is 12.1. The molecule has 17 heavy (non-hydrogen) atoms. The number of guanidine groups is 1. The lowest BCUT2D eigenvalue weighted by Gasteiger charge is -2.20. The van der Waals surface area contributed by atoms with Gasteiger partial charge in [-0.1, -0.05) is 12.8 Å². The summed E-state index contributed by atoms with van der Waals surface area (Å²) in [5.74, 6) is 0.704. The summed E-state index contributed by atoms with van der Waals surface area (Å²) in [6, 6.07) is 2.08. The first-order valence-corrected chi connectivity index (χ1v) is 6.41. The van der Waals surface area contributed by atoms with Crippen molar-refractivity contribution in [3.63, 3.8) is 0 Å². The fourth-order valence-electron chi connectivity index (χ4n) is 2.23. The van der Waals surface area contributed by atoms with Gasteiger partial charge in [0.1, 0.15) is 0 Å². The van der Waals surface area contributed by atoms with Crippen molar-refractivity contribution in [2.75, 3.05) is 13.1 Å². The predicted octanol–water partition coefficient (Wildman–Crippen LogP) is 1.72. The van der Waals surface area contributed by atoms with Gasteiger partial charge in [0, 0.05) is 32.5 Å². The van der Waals surface area contributed by atoms with E-state index in [2.05, 4.69) is 22.2 Å². The topological polar surface area (TPSA) is 46.6 Å². The fraction of sp³-hybridized carbons (Fsp3) is 0.615. The van der Waals surface area contributed by atoms with Gasteiger partial charge in [-0.2, -0.15) is 0 Å². The van der Waals surface area contributed by atoms with Gasteiger partial charge in [-0.05, 0) is 24.5 Å². The number of hydrogen-bond donors (Lipinski definition) is 1. The van der Waals surface area contributed by atoms with Crippen LogP contribution in [0.5, 0.6) is 0 Å². The molecule has 0 bridgehead atoms. The van der Waals surface area contributed by atoms with Crippen LogP contribution in [0.25, 0.3) is 0 Å². The number of rotatable bonds is 2. The monoisotopic (exact) mass is 234 g/mol. The number of nitrogens with zero attached hydrogens (tertiary/aromatic N) is 3. The number of likely N-dealkylation sites (tertiary alicyclic amines) is 1. The highest BCUT2D eigenvalue weighted by Crippen LogP contribution is 2.09. The minimum absolute atomic E-state index is 0.684. The maximum Gasteiger partial charge on any atom is 0.191 e. The van der Waals surface area contributed by atoms with Gasteiger partial charge in [0.05, 0.1) is 6.54 Å². The van der Waals surface area contributed by atoms with E-state index in [4.69, 9.17) is 5.73 Å². The normalized spacial score (nSPS) is 18.2. The Morgan fingerprint density at radius 3 is 2.59 bits per heavy atom. The Hall–Kier alpha value is -1.45. The van der Waals surface area contributed by atoms with Crippen molar-refractivity contribution in [2.45, 2.75) is 32.2 Å². The van der Waals surface area contributed by atoms with Crippen molar-refractivity contribution in [1.82, 2.24) is 9.47 Å². The van der Waals surface area contributed by atoms with E-state index in [9.17, 15) is 0 Å². The Morgan fingerprint density at radius 1 is 1.29 bits per heavy atom. The lowest BCUT2D eigenvalue weighted by atomic mass is 10.2. The van der Waals surface area contributed by atoms with Crippen LogP contribution in [0.15, 0.2) is 23.5 Å². The summed E-state index contributed by atoms with van der Waals surface area (Å²) in [6.45, 7) is 2.80. The van der Waals surface area contributed by atoms with E-state index >= 15 is 0 Å². The highest BCUT2D eigenvalue weighted by molar-refractivity contribution is 5.78. The van der Waals surface area contributed by atoms with Crippen LogP contribution < -0.4 is 5.73 Å². The zero-order valence-electron chi connectivity index (χ0n) is 10.6. The van der Waals surface area contributed by atoms with Gasteiger partial charge in [-0.25, -0.2) is 4.99 Å². The molecule has 2 rings (SSSR count). The van der Waals surface area contributed by atoms with Gasteiger partial charge in [-0.3, -0.25) is 0 Å². The highest BCUT2D eigenvalue weighted by Gasteiger charge is 2.10. The van der Waals surface area contributed by atoms with Crippen molar-refractivity contribution >= 4 is 5.96 Å². The highest BCUT2D eigenvalue weighted by atomic mass is 15.2. The van der Waals surface area contributed by atoms with Crippen LogP contribution in [0.1, 0.15) is 31.2 Å². The summed E-state index contributed by atoms with van der Waals surface area (Å²) >= 11 is 0. The Balaban J connectivity index is 1.91. The van der Waals surface area contributed by atoms with Crippen molar-refractivity contribution in [3.8, 4) is 0 Å². The molecule has 94 valence electrons. The molecule has 0 aliphatic carbocycles. The molecule has 0 amide bonds. The fourth-order valence-corrected chi connectivity index (χ4v) is 2.23. The molecule has 1 aliphatic rings. The minimum Gasteiger partial charge on any atom is -0.370 e. The van der Waals surface area contributed by atoms with Crippen molar-refractivity contribution in [2.24, 2.45) is 17.8 Å². The van der Waals surface area contributed by atoms with Crippen LogP contribution >= 0.6 is 0 Å². The lowest BCUT2D eigenvalue weighted by Crippen LogP contribution is -2.38. The molecule has 0 saturated carbocycles. The van der Waals surface area contributed by atoms with Gasteiger partial charge in [0.25, 0.3) is 0 Å². The van der Waals surface area contributed by atoms with Crippen molar-refractivity contribution < 1.29 is 0 Å². The molecule has 1 fully saturated rings. The number of hydrogen-bond acceptors (Lipinski definition) is 1. The number of aromatic nitrogens is 1. The van der Waals surface area contributed by atoms with Gasteiger partial charge in [-0.15, -0.1) is 0 Å². The molecule has 4 heteroatoms. The average molecular weight is 234 g/mol. The standard InChI is InChI=1S/C13H22N4/c1-16-9-6-12(11-16)10-15-13(14)17-7-4-2-3-5-8-17/h6,9,11H,2-5,7-8,10H2,1H3,(H2,14,15). The smallest absolute Gasteiger partial charge is 0.191 e. The average Bonchev–Trinajstić information content (AvgIpc) is 2.58. The second kappa shape index (κ2) is 5.75. The van der Waals surface area contributed by atoms with Crippen molar-refractivity contribution in [3.05, 3.63) is 24.0 Å². The molecule has 0 spiro atoms. The quantitative estimate of drug-likeness (QED) is 0.625. The Morgan fingerprint density at radius 2 is 2.00 bits per heavy atom. The molecule has 1 saturated heterocycles. The van der Waals surface area contributed by atoms with Crippen molar-refractivity contribution in [1.29, 1.82) is 0 Å². The Labute approximate surface area is 103 Å². The summed E-state index contributed by atoms with van der Waals surface area (Å²) in [7, 11) is 2.02. The Bertz CT molecular complexity index is 373. The number of aliphatic imine (C=N–C) groups is 1. The summed E-state index contributed by atoms with van der Waals surface area (Å²) in [4.78, 5) is 6.70. The van der Waals surface area contributed by atoms with Crippen LogP contribution in [0, 0.1) is 0 Å². The molecular weight excluding hydrogens is 212 g/mol. The Kier molecular flexibility index (Phi) is 4.07. The zero-order valence-corrected chi connectivity index (χ0v) is 10.6. The van der Waals surface area contributed by atoms with Crippen LogP contribution in [0.2, 0.25) is 0 Å². The SMILES string of the molecule is Cn1ccc(CN=C(N)N2CCCCCC2)c1. The number of aryl methyl sites for hydroxylation is 1. The van der Waals surface area contributed by atoms with E-state index in [-0.39, 0.29) is 0 Å². The van der Waals surface area contributed by atoms with Gasteiger partial charge >= 0.3 is 0 Å². The van der Waals surface area contributed by atoms with E-state index in [0.717, 1.165) is 13.1 Å². The molecule has 1 aromatic heterocycles. The summed E-state index contributed by atoms with van der Waals surface area (Å²) in [6.07, 6.45) is 9.24. The van der Waals surface area contributed by atoms with Gasteiger partial charge in [0.2, 0.25) is 0 Å². The molecule has 0 aromatic carbocycles. The third kappa shape index (κ3) is 3.51. The van der Waals surface area contributed by atoms with Crippen LogP contribution in [0.4, 0.5) is 0 Å². The van der Waals surface area contributed by atoms with Gasteiger partial charge in [0.15, 0.2) is 5.96 Å². The summed E-state index contributed by atoms with van der Waals surface area (Å²) < 4.78 is 2.03. The lowest BCUT2D eigenvalue weighted by molar-refractivity contribution is 0.428. The van der Waals surface area contributed by atoms with Gasteiger partial charge < -0.3 is 15.2 Å². The molecule has 2 N–H and O–H groups in total. The number of nitrogens with two attached hydrogens (primary N) is 1. The van der Waals surface area contributed by atoms with E-state index in [0.29, 0.717) is 12.5 Å². The second-order valence-corrected chi connectivity index (χ2v) is 4.76. The van der Waals surface area contributed by atoms with Crippen LogP contribution in [0.3, 0.4) is 0 Å². The van der Waals surface area contributed by atoms with E-state index in [1.807, 2.05) is 17.8 Å². The van der Waals surface area contributed by atoms with E-state index < -0.39 is 0 Å². The first-order valence-electron chi connectivity index (χ1n) is 6.41. The molecule has 4 nitrogen and oxygen atoms in total. The maximum absolute atomic E-state index is 6.04. The molecule has 1 aromatic rings. The molecule has 0 atom stereocenters. The molecule has 0 radical (unpaired) electrons. The maximum atomic E-state index is 6.04. The van der Waals surface area contributed by atoms with E-state index in [1.54, 1.807) is 0 Å². The van der Waals surface area contributed by atoms with E-state index in [1.165, 1.54) is 31.2 Å². The molecule has 2 heterocycles. The molecule has 1 aliphatic heterocycles. The third-order valence-corrected chi connectivity index (χ3v) is 3.25. The summed E-state index contributed by atoms with van der Waals surface area (Å²) in [5.41, 5.74) is 7.25. The summed E-state index contributed by atoms with van der Waals surface area (Å²) in [5, 5.41) is 0. The minimum atomic E-state index is 0.684. The predicted molar refractivity (Wildman–Crippen MR) is 70.8 cm³/mol. The largest absolute Gasteiger partial charge is 0.370 e.